The third kappa shape index (κ3) is 5.21. The fraction of sp³-hybridized carbons (Fsp3) is 0.136. The van der Waals surface area contributed by atoms with Crippen LogP contribution in [0.15, 0.2) is 59.3 Å². The molecule has 1 N–H and O–H groups in total. The van der Waals surface area contributed by atoms with Gasteiger partial charge in [0.1, 0.15) is 30.3 Å². The van der Waals surface area contributed by atoms with Crippen LogP contribution in [0.2, 0.25) is 5.02 Å². The lowest BCUT2D eigenvalue weighted by molar-refractivity contribution is -0.385. The minimum absolute atomic E-state index is 0.00245. The Morgan fingerprint density at radius 3 is 2.85 bits per heavy atom. The van der Waals surface area contributed by atoms with E-state index in [0.717, 1.165) is 0 Å². The Kier molecular flexibility index (Phi) is 6.55. The molecule has 0 spiro atoms. The number of nitrogens with zero attached hydrogens (tertiary/aromatic N) is 4. The maximum Gasteiger partial charge on any atom is 0.293 e. The van der Waals surface area contributed by atoms with E-state index in [1.807, 2.05) is 0 Å². The zero-order valence-corrected chi connectivity index (χ0v) is 18.5. The zero-order chi connectivity index (χ0) is 24.2. The van der Waals surface area contributed by atoms with Gasteiger partial charge in [0.2, 0.25) is 5.95 Å². The highest BCUT2D eigenvalue weighted by atomic mass is 35.5. The van der Waals surface area contributed by atoms with Gasteiger partial charge in [-0.2, -0.15) is 0 Å². The SMILES string of the molecule is Cc1cc(OCc2ccc(C(=O)Nc3ncn(Cc4c(F)cccc4Cl)n3)o2)ccc1[N+](=O)[O-]. The van der Waals surface area contributed by atoms with E-state index in [1.165, 1.54) is 41.3 Å². The summed E-state index contributed by atoms with van der Waals surface area (Å²) in [5.41, 5.74) is 0.717. The standard InChI is InChI=1S/C22H17ClFN5O5/c1-13-9-14(5-7-19(13)29(31)32)33-11-15-6-8-20(34-15)21(30)26-22-25-12-28(27-22)10-16-17(23)3-2-4-18(16)24/h2-9,12H,10-11H2,1H3,(H,26,27,30). The molecule has 4 aromatic rings. The number of furan rings is 1. The van der Waals surface area contributed by atoms with E-state index in [0.29, 0.717) is 17.1 Å². The number of ether oxygens (including phenoxy) is 1. The molecule has 4 rings (SSSR count). The third-order valence-electron chi connectivity index (χ3n) is 4.78. The van der Waals surface area contributed by atoms with Crippen LogP contribution in [0, 0.1) is 22.9 Å². The molecule has 2 aromatic heterocycles. The van der Waals surface area contributed by atoms with Crippen LogP contribution in [0.3, 0.4) is 0 Å². The molecule has 174 valence electrons. The number of nitro benzene ring substituents is 1. The molecule has 0 unspecified atom stereocenters. The van der Waals surface area contributed by atoms with E-state index in [4.69, 9.17) is 20.8 Å². The highest BCUT2D eigenvalue weighted by Gasteiger charge is 2.16. The summed E-state index contributed by atoms with van der Waals surface area (Å²) in [6, 6.07) is 11.8. The molecule has 1 amide bonds. The van der Waals surface area contributed by atoms with Gasteiger partial charge in [-0.15, -0.1) is 5.10 Å². The van der Waals surface area contributed by atoms with E-state index in [2.05, 4.69) is 15.4 Å². The molecular weight excluding hydrogens is 469 g/mol. The maximum absolute atomic E-state index is 14.0. The van der Waals surface area contributed by atoms with Crippen molar-refractivity contribution in [1.29, 1.82) is 0 Å². The Labute approximate surface area is 197 Å². The van der Waals surface area contributed by atoms with E-state index in [1.54, 1.807) is 25.1 Å². The first-order valence-corrected chi connectivity index (χ1v) is 10.3. The third-order valence-corrected chi connectivity index (χ3v) is 5.13. The molecule has 0 radical (unpaired) electrons. The summed E-state index contributed by atoms with van der Waals surface area (Å²) in [5, 5.41) is 17.8. The van der Waals surface area contributed by atoms with Crippen molar-refractivity contribution in [1.82, 2.24) is 14.8 Å². The van der Waals surface area contributed by atoms with Crippen molar-refractivity contribution in [3.8, 4) is 5.75 Å². The molecule has 2 aromatic carbocycles. The van der Waals surface area contributed by atoms with Crippen molar-refractivity contribution < 1.29 is 23.3 Å². The Balaban J connectivity index is 1.35. The summed E-state index contributed by atoms with van der Waals surface area (Å²) < 4.78 is 26.4. The lowest BCUT2D eigenvalue weighted by Crippen LogP contribution is -2.13. The lowest BCUT2D eigenvalue weighted by Gasteiger charge is -2.05. The van der Waals surface area contributed by atoms with Gasteiger partial charge < -0.3 is 9.15 Å². The highest BCUT2D eigenvalue weighted by molar-refractivity contribution is 6.31. The number of hydrogen-bond donors (Lipinski definition) is 1. The second kappa shape index (κ2) is 9.71. The first-order chi connectivity index (χ1) is 16.3. The van der Waals surface area contributed by atoms with Gasteiger partial charge in [0.05, 0.1) is 11.5 Å². The van der Waals surface area contributed by atoms with Crippen molar-refractivity contribution in [2.75, 3.05) is 5.32 Å². The highest BCUT2D eigenvalue weighted by Crippen LogP contribution is 2.24. The van der Waals surface area contributed by atoms with Crippen molar-refractivity contribution in [3.05, 3.63) is 98.5 Å². The molecule has 0 saturated heterocycles. The molecule has 10 nitrogen and oxygen atoms in total. The van der Waals surface area contributed by atoms with E-state index >= 15 is 0 Å². The monoisotopic (exact) mass is 485 g/mol. The maximum atomic E-state index is 14.0. The van der Waals surface area contributed by atoms with Crippen LogP contribution in [-0.4, -0.2) is 25.6 Å². The van der Waals surface area contributed by atoms with Gasteiger partial charge in [0.25, 0.3) is 11.6 Å². The zero-order valence-electron chi connectivity index (χ0n) is 17.7. The molecule has 12 heteroatoms. The van der Waals surface area contributed by atoms with Crippen LogP contribution in [0.4, 0.5) is 16.0 Å². The molecule has 0 fully saturated rings. The second-order valence-electron chi connectivity index (χ2n) is 7.18. The van der Waals surface area contributed by atoms with Crippen LogP contribution in [0.5, 0.6) is 5.75 Å². The minimum Gasteiger partial charge on any atom is -0.486 e. The number of halogens is 2. The van der Waals surface area contributed by atoms with Crippen molar-refractivity contribution in [2.45, 2.75) is 20.1 Å². The summed E-state index contributed by atoms with van der Waals surface area (Å²) >= 11 is 6.02. The van der Waals surface area contributed by atoms with Gasteiger partial charge in [0, 0.05) is 22.2 Å². The number of carbonyl (C=O) groups is 1. The van der Waals surface area contributed by atoms with Gasteiger partial charge in [-0.25, -0.2) is 14.1 Å². The largest absolute Gasteiger partial charge is 0.486 e. The van der Waals surface area contributed by atoms with Crippen molar-refractivity contribution in [3.63, 3.8) is 0 Å². The Morgan fingerprint density at radius 1 is 1.29 bits per heavy atom. The molecule has 0 aliphatic heterocycles. The quantitative estimate of drug-likeness (QED) is 0.281. The molecule has 0 atom stereocenters. The molecule has 0 saturated carbocycles. The normalized spacial score (nSPS) is 10.8. The van der Waals surface area contributed by atoms with E-state index in [-0.39, 0.29) is 41.1 Å². The predicted molar refractivity (Wildman–Crippen MR) is 119 cm³/mol. The van der Waals surface area contributed by atoms with Crippen molar-refractivity contribution >= 4 is 29.1 Å². The molecule has 2 heterocycles. The Bertz CT molecular complexity index is 1350. The molecule has 0 bridgehead atoms. The molecule has 0 aliphatic carbocycles. The summed E-state index contributed by atoms with van der Waals surface area (Å²) in [6.07, 6.45) is 1.34. The van der Waals surface area contributed by atoms with Crippen LogP contribution >= 0.6 is 11.6 Å². The van der Waals surface area contributed by atoms with Gasteiger partial charge in [-0.3, -0.25) is 20.2 Å². The second-order valence-corrected chi connectivity index (χ2v) is 7.59. The van der Waals surface area contributed by atoms with Crippen LogP contribution in [0.25, 0.3) is 0 Å². The summed E-state index contributed by atoms with van der Waals surface area (Å²) in [6.45, 7) is 1.67. The van der Waals surface area contributed by atoms with Crippen LogP contribution in [0.1, 0.15) is 27.4 Å². The number of hydrogen-bond acceptors (Lipinski definition) is 7. The topological polar surface area (TPSA) is 125 Å². The summed E-state index contributed by atoms with van der Waals surface area (Å²) in [4.78, 5) is 26.9. The minimum atomic E-state index is -0.584. The van der Waals surface area contributed by atoms with E-state index in [9.17, 15) is 19.3 Å². The number of aryl methyl sites for hydroxylation is 1. The Hall–Kier alpha value is -4.25. The van der Waals surface area contributed by atoms with E-state index < -0.39 is 16.6 Å². The number of benzene rings is 2. The van der Waals surface area contributed by atoms with Crippen LogP contribution in [-0.2, 0) is 13.2 Å². The number of amides is 1. The van der Waals surface area contributed by atoms with Gasteiger partial charge >= 0.3 is 0 Å². The lowest BCUT2D eigenvalue weighted by atomic mass is 10.2. The van der Waals surface area contributed by atoms with Crippen LogP contribution < -0.4 is 10.1 Å². The summed E-state index contributed by atoms with van der Waals surface area (Å²) in [7, 11) is 0. The van der Waals surface area contributed by atoms with Gasteiger partial charge in [-0.05, 0) is 43.3 Å². The molecular formula is C22H17ClFN5O5. The number of carbonyl (C=O) groups excluding carboxylic acids is 1. The molecule has 0 aliphatic rings. The number of rotatable bonds is 8. The number of anilines is 1. The predicted octanol–water partition coefficient (Wildman–Crippen LogP) is 4.76. The first kappa shape index (κ1) is 22.9. The number of aromatic nitrogens is 3. The fourth-order valence-electron chi connectivity index (χ4n) is 3.09. The average molecular weight is 486 g/mol. The number of nitrogens with one attached hydrogen (secondary N) is 1. The fourth-order valence-corrected chi connectivity index (χ4v) is 3.31. The smallest absolute Gasteiger partial charge is 0.293 e. The molecule has 34 heavy (non-hydrogen) atoms. The summed E-state index contributed by atoms with van der Waals surface area (Å²) in [5.74, 6) is -0.244. The first-order valence-electron chi connectivity index (χ1n) is 9.90. The van der Waals surface area contributed by atoms with Crippen molar-refractivity contribution in [2.24, 2.45) is 0 Å². The van der Waals surface area contributed by atoms with Gasteiger partial charge in [-0.1, -0.05) is 17.7 Å². The van der Waals surface area contributed by atoms with Gasteiger partial charge in [0.15, 0.2) is 5.76 Å². The average Bonchev–Trinajstić information content (AvgIpc) is 3.44. The Morgan fingerprint density at radius 2 is 2.12 bits per heavy atom. The number of nitro groups is 1.